The molecule has 0 saturated heterocycles. The summed E-state index contributed by atoms with van der Waals surface area (Å²) < 4.78 is 0. The van der Waals surface area contributed by atoms with Crippen molar-refractivity contribution < 1.29 is 0 Å². The van der Waals surface area contributed by atoms with Gasteiger partial charge in [0.2, 0.25) is 0 Å². The third kappa shape index (κ3) is 3.76. The highest BCUT2D eigenvalue weighted by Crippen LogP contribution is 2.31. The van der Waals surface area contributed by atoms with Gasteiger partial charge in [0.05, 0.1) is 0 Å². The van der Waals surface area contributed by atoms with Gasteiger partial charge < -0.3 is 10.2 Å². The molecule has 0 aromatic carbocycles. The first-order valence-corrected chi connectivity index (χ1v) is 6.67. The maximum absolute atomic E-state index is 3.58. The van der Waals surface area contributed by atoms with Crippen molar-refractivity contribution in [1.29, 1.82) is 0 Å². The topological polar surface area (TPSA) is 15.3 Å². The van der Waals surface area contributed by atoms with Gasteiger partial charge in [0.25, 0.3) is 0 Å². The molecule has 0 bridgehead atoms. The zero-order chi connectivity index (χ0) is 10.7. The van der Waals surface area contributed by atoms with Crippen LogP contribution in [0, 0.1) is 11.8 Å². The lowest BCUT2D eigenvalue weighted by molar-refractivity contribution is 0.248. The van der Waals surface area contributed by atoms with Crippen molar-refractivity contribution >= 4 is 0 Å². The van der Waals surface area contributed by atoms with E-state index in [4.69, 9.17) is 0 Å². The van der Waals surface area contributed by atoms with E-state index < -0.39 is 0 Å². The molecular formula is C13H26N2. The highest BCUT2D eigenvalue weighted by atomic mass is 15.1. The molecule has 2 fully saturated rings. The summed E-state index contributed by atoms with van der Waals surface area (Å²) in [6, 6.07) is 0.865. The lowest BCUT2D eigenvalue weighted by Crippen LogP contribution is -2.34. The van der Waals surface area contributed by atoms with Crippen LogP contribution in [0.5, 0.6) is 0 Å². The van der Waals surface area contributed by atoms with Gasteiger partial charge in [-0.15, -0.1) is 0 Å². The monoisotopic (exact) mass is 210 g/mol. The molecule has 0 aliphatic heterocycles. The third-order valence-corrected chi connectivity index (χ3v) is 4.09. The van der Waals surface area contributed by atoms with Crippen LogP contribution < -0.4 is 5.32 Å². The number of nitrogens with one attached hydrogen (secondary N) is 1. The Kier molecular flexibility index (Phi) is 4.04. The van der Waals surface area contributed by atoms with E-state index in [1.807, 2.05) is 0 Å². The Balaban J connectivity index is 1.56. The van der Waals surface area contributed by atoms with Crippen LogP contribution in [0.15, 0.2) is 0 Å². The SMILES string of the molecule is CC1CCCC1CN(C)CCNC1CC1. The van der Waals surface area contributed by atoms with Gasteiger partial charge in [-0.05, 0) is 38.1 Å². The fourth-order valence-electron chi connectivity index (χ4n) is 2.73. The van der Waals surface area contributed by atoms with Gasteiger partial charge in [-0.3, -0.25) is 0 Å². The molecule has 0 amide bonds. The number of hydrogen-bond donors (Lipinski definition) is 1. The molecule has 2 aliphatic carbocycles. The highest BCUT2D eigenvalue weighted by molar-refractivity contribution is 4.81. The summed E-state index contributed by atoms with van der Waals surface area (Å²) in [5.41, 5.74) is 0. The van der Waals surface area contributed by atoms with Crippen molar-refractivity contribution in [2.75, 3.05) is 26.7 Å². The molecule has 0 spiro atoms. The second-order valence-corrected chi connectivity index (χ2v) is 5.66. The Morgan fingerprint density at radius 1 is 1.20 bits per heavy atom. The molecule has 0 aromatic rings. The molecule has 2 rings (SSSR count). The summed E-state index contributed by atoms with van der Waals surface area (Å²) in [6.45, 7) is 6.14. The molecule has 15 heavy (non-hydrogen) atoms. The largest absolute Gasteiger partial charge is 0.313 e. The van der Waals surface area contributed by atoms with Crippen molar-refractivity contribution in [2.45, 2.75) is 45.1 Å². The van der Waals surface area contributed by atoms with Gasteiger partial charge in [-0.25, -0.2) is 0 Å². The summed E-state index contributed by atoms with van der Waals surface area (Å²) in [5, 5.41) is 3.58. The van der Waals surface area contributed by atoms with Crippen molar-refractivity contribution in [2.24, 2.45) is 11.8 Å². The van der Waals surface area contributed by atoms with E-state index >= 15 is 0 Å². The molecule has 2 nitrogen and oxygen atoms in total. The molecule has 2 saturated carbocycles. The predicted molar refractivity (Wildman–Crippen MR) is 65.0 cm³/mol. The van der Waals surface area contributed by atoms with Gasteiger partial charge in [0, 0.05) is 25.7 Å². The van der Waals surface area contributed by atoms with Crippen LogP contribution in [0.3, 0.4) is 0 Å². The van der Waals surface area contributed by atoms with Gasteiger partial charge >= 0.3 is 0 Å². The van der Waals surface area contributed by atoms with E-state index in [0.29, 0.717) is 0 Å². The lowest BCUT2D eigenvalue weighted by Gasteiger charge is -2.23. The molecule has 2 heteroatoms. The first-order chi connectivity index (χ1) is 7.25. The van der Waals surface area contributed by atoms with Crippen LogP contribution in [0.25, 0.3) is 0 Å². The van der Waals surface area contributed by atoms with Crippen LogP contribution in [0.4, 0.5) is 0 Å². The van der Waals surface area contributed by atoms with Crippen molar-refractivity contribution in [1.82, 2.24) is 10.2 Å². The smallest absolute Gasteiger partial charge is 0.0104 e. The molecule has 2 aliphatic rings. The van der Waals surface area contributed by atoms with E-state index in [2.05, 4.69) is 24.2 Å². The number of likely N-dealkylation sites (N-methyl/N-ethyl adjacent to an activating group) is 1. The minimum atomic E-state index is 0.865. The average molecular weight is 210 g/mol. The van der Waals surface area contributed by atoms with Crippen LogP contribution in [-0.2, 0) is 0 Å². The normalized spacial score (nSPS) is 31.4. The van der Waals surface area contributed by atoms with Crippen LogP contribution in [0.2, 0.25) is 0 Å². The number of nitrogens with zero attached hydrogens (tertiary/aromatic N) is 1. The van der Waals surface area contributed by atoms with Crippen LogP contribution in [-0.4, -0.2) is 37.6 Å². The van der Waals surface area contributed by atoms with Gasteiger partial charge in [-0.1, -0.05) is 19.8 Å². The first-order valence-electron chi connectivity index (χ1n) is 6.67. The van der Waals surface area contributed by atoms with Crippen molar-refractivity contribution in [3.8, 4) is 0 Å². The van der Waals surface area contributed by atoms with Crippen LogP contribution >= 0.6 is 0 Å². The summed E-state index contributed by atoms with van der Waals surface area (Å²) in [7, 11) is 2.28. The molecule has 1 N–H and O–H groups in total. The third-order valence-electron chi connectivity index (χ3n) is 4.09. The van der Waals surface area contributed by atoms with E-state index in [1.165, 1.54) is 51.7 Å². The molecule has 2 unspecified atom stereocenters. The zero-order valence-electron chi connectivity index (χ0n) is 10.3. The van der Waals surface area contributed by atoms with Gasteiger partial charge in [0.15, 0.2) is 0 Å². The minimum Gasteiger partial charge on any atom is -0.313 e. The van der Waals surface area contributed by atoms with Gasteiger partial charge in [-0.2, -0.15) is 0 Å². The second-order valence-electron chi connectivity index (χ2n) is 5.66. The maximum atomic E-state index is 3.58. The molecule has 0 aromatic heterocycles. The summed E-state index contributed by atoms with van der Waals surface area (Å²) in [6.07, 6.45) is 7.19. The Morgan fingerprint density at radius 2 is 2.00 bits per heavy atom. The lowest BCUT2D eigenvalue weighted by atomic mass is 9.98. The standard InChI is InChI=1S/C13H26N2/c1-11-4-3-5-12(11)10-15(2)9-8-14-13-6-7-13/h11-14H,3-10H2,1-2H3. The fourth-order valence-corrected chi connectivity index (χ4v) is 2.73. The Hall–Kier alpha value is -0.0800. The molecule has 2 atom stereocenters. The molecule has 0 heterocycles. The van der Waals surface area contributed by atoms with Crippen molar-refractivity contribution in [3.63, 3.8) is 0 Å². The molecule has 0 radical (unpaired) electrons. The predicted octanol–water partition coefficient (Wildman–Crippen LogP) is 2.11. The summed E-state index contributed by atoms with van der Waals surface area (Å²) >= 11 is 0. The van der Waals surface area contributed by atoms with Crippen molar-refractivity contribution in [3.05, 3.63) is 0 Å². The fraction of sp³-hybridized carbons (Fsp3) is 1.00. The zero-order valence-corrected chi connectivity index (χ0v) is 10.3. The number of hydrogen-bond acceptors (Lipinski definition) is 2. The average Bonchev–Trinajstić information content (AvgIpc) is 2.93. The maximum Gasteiger partial charge on any atom is 0.0104 e. The molecular weight excluding hydrogens is 184 g/mol. The van der Waals surface area contributed by atoms with E-state index in [0.717, 1.165) is 17.9 Å². The van der Waals surface area contributed by atoms with E-state index in [9.17, 15) is 0 Å². The second kappa shape index (κ2) is 5.31. The summed E-state index contributed by atoms with van der Waals surface area (Å²) in [5.74, 6) is 1.93. The van der Waals surface area contributed by atoms with Gasteiger partial charge in [0.1, 0.15) is 0 Å². The Labute approximate surface area is 94.4 Å². The minimum absolute atomic E-state index is 0.865. The quantitative estimate of drug-likeness (QED) is 0.722. The van der Waals surface area contributed by atoms with Crippen LogP contribution in [0.1, 0.15) is 39.0 Å². The van der Waals surface area contributed by atoms with E-state index in [1.54, 1.807) is 0 Å². The van der Waals surface area contributed by atoms with E-state index in [-0.39, 0.29) is 0 Å². The first kappa shape index (κ1) is 11.4. The highest BCUT2D eigenvalue weighted by Gasteiger charge is 2.24. The molecule has 88 valence electrons. The summed E-state index contributed by atoms with van der Waals surface area (Å²) in [4.78, 5) is 2.52. The Bertz CT molecular complexity index is 189. The Morgan fingerprint density at radius 3 is 2.60 bits per heavy atom. The number of rotatable bonds is 6.